The Bertz CT molecular complexity index is 144. The van der Waals surface area contributed by atoms with Gasteiger partial charge in [-0.25, -0.2) is 9.59 Å². The van der Waals surface area contributed by atoms with Crippen LogP contribution in [0.5, 0.6) is 0 Å². The normalized spacial score (nSPS) is 8.46. The third-order valence-corrected chi connectivity index (χ3v) is 0.697. The van der Waals surface area contributed by atoms with Crippen LogP contribution in [-0.2, 0) is 19.1 Å². The van der Waals surface area contributed by atoms with Gasteiger partial charge in [-0.2, -0.15) is 0 Å². The number of ether oxygens (including phenoxy) is 2. The van der Waals surface area contributed by atoms with Crippen molar-refractivity contribution < 1.29 is 29.3 Å². The molecule has 0 aromatic rings. The fourth-order valence-corrected chi connectivity index (χ4v) is 0.313. The lowest BCUT2D eigenvalue weighted by atomic mass is 10.7. The van der Waals surface area contributed by atoms with Gasteiger partial charge < -0.3 is 19.7 Å². The molecule has 0 fully saturated rings. The number of hydrogen-bond donors (Lipinski definition) is 2. The lowest BCUT2D eigenvalue weighted by Gasteiger charge is -1.90. The van der Waals surface area contributed by atoms with Crippen molar-refractivity contribution in [1.82, 2.24) is 0 Å². The highest BCUT2D eigenvalue weighted by Gasteiger charge is 1.90. The fraction of sp³-hybridized carbons (Fsp3) is 0.714. The van der Waals surface area contributed by atoms with Crippen LogP contribution in [-0.4, -0.2) is 49.1 Å². The van der Waals surface area contributed by atoms with Crippen LogP contribution < -0.4 is 0 Å². The van der Waals surface area contributed by atoms with Crippen molar-refractivity contribution in [3.63, 3.8) is 0 Å². The van der Waals surface area contributed by atoms with Gasteiger partial charge in [-0.15, -0.1) is 0 Å². The second-order valence-corrected chi connectivity index (χ2v) is 1.86. The molecule has 0 aliphatic heterocycles. The summed E-state index contributed by atoms with van der Waals surface area (Å²) in [6, 6.07) is 0. The molecule has 6 heteroatoms. The maximum atomic E-state index is 9.63. The Hall–Kier alpha value is -1.14. The Balaban J connectivity index is 0. The van der Waals surface area contributed by atoms with Gasteiger partial charge in [0, 0.05) is 13.7 Å². The molecule has 2 N–H and O–H groups in total. The molecule has 0 saturated heterocycles. The monoisotopic (exact) mass is 194 g/mol. The average Bonchev–Trinajstić information content (AvgIpc) is 2.01. The first-order valence-electron chi connectivity index (χ1n) is 3.54. The largest absolute Gasteiger partial charge is 0.480 e. The molecule has 0 amide bonds. The molecule has 6 nitrogen and oxygen atoms in total. The van der Waals surface area contributed by atoms with Gasteiger partial charge in [-0.3, -0.25) is 0 Å². The van der Waals surface area contributed by atoms with E-state index < -0.39 is 11.9 Å². The zero-order valence-corrected chi connectivity index (χ0v) is 7.65. The van der Waals surface area contributed by atoms with Crippen molar-refractivity contribution in [3.8, 4) is 0 Å². The zero-order chi connectivity index (χ0) is 10.7. The quantitative estimate of drug-likeness (QED) is 0.630. The highest BCUT2D eigenvalue weighted by Crippen LogP contribution is 1.69. The molecule has 0 rings (SSSR count). The first kappa shape index (κ1) is 14.4. The summed E-state index contributed by atoms with van der Waals surface area (Å²) in [5.74, 6) is -1.85. The van der Waals surface area contributed by atoms with E-state index >= 15 is 0 Å². The summed E-state index contributed by atoms with van der Waals surface area (Å²) in [6.07, 6.45) is 0. The standard InChI is InChI=1S/C4H8O3.C3H6O3/c1-2-7-3-4(5)6;1-6-2-3(4)5/h2-3H2,1H3,(H,5,6);2H2,1H3,(H,4,5). The summed E-state index contributed by atoms with van der Waals surface area (Å²) in [5, 5.41) is 15.7. The van der Waals surface area contributed by atoms with E-state index in [1.54, 1.807) is 6.92 Å². The van der Waals surface area contributed by atoms with E-state index in [0.717, 1.165) is 0 Å². The summed E-state index contributed by atoms with van der Waals surface area (Å²) >= 11 is 0. The lowest BCUT2D eigenvalue weighted by molar-refractivity contribution is -0.142. The molecular formula is C7H14O6. The highest BCUT2D eigenvalue weighted by molar-refractivity contribution is 5.68. The van der Waals surface area contributed by atoms with Crippen LogP contribution in [0.1, 0.15) is 6.92 Å². The predicted molar refractivity (Wildman–Crippen MR) is 43.6 cm³/mol. The summed E-state index contributed by atoms with van der Waals surface area (Å²) < 4.78 is 8.70. The van der Waals surface area contributed by atoms with Gasteiger partial charge in [0.25, 0.3) is 0 Å². The molecule has 13 heavy (non-hydrogen) atoms. The lowest BCUT2D eigenvalue weighted by Crippen LogP contribution is -2.05. The van der Waals surface area contributed by atoms with Crippen LogP contribution in [0.4, 0.5) is 0 Å². The number of methoxy groups -OCH3 is 1. The molecule has 0 aliphatic carbocycles. The van der Waals surface area contributed by atoms with Crippen molar-refractivity contribution in [1.29, 1.82) is 0 Å². The predicted octanol–water partition coefficient (Wildman–Crippen LogP) is -0.175. The smallest absolute Gasteiger partial charge is 0.329 e. The van der Waals surface area contributed by atoms with Gasteiger partial charge in [0.2, 0.25) is 0 Å². The molecular weight excluding hydrogens is 180 g/mol. The molecule has 0 spiro atoms. The van der Waals surface area contributed by atoms with Crippen LogP contribution in [0.2, 0.25) is 0 Å². The second-order valence-electron chi connectivity index (χ2n) is 1.86. The summed E-state index contributed by atoms with van der Waals surface area (Å²) in [5.41, 5.74) is 0. The van der Waals surface area contributed by atoms with E-state index in [-0.39, 0.29) is 13.2 Å². The zero-order valence-electron chi connectivity index (χ0n) is 7.65. The third kappa shape index (κ3) is 24.8. The molecule has 0 atom stereocenters. The SMILES string of the molecule is CCOCC(=O)O.COCC(=O)O. The minimum atomic E-state index is -0.933. The van der Waals surface area contributed by atoms with E-state index in [4.69, 9.17) is 10.2 Å². The molecule has 78 valence electrons. The second kappa shape index (κ2) is 10.9. The molecule has 0 aromatic carbocycles. The van der Waals surface area contributed by atoms with Gasteiger partial charge >= 0.3 is 11.9 Å². The van der Waals surface area contributed by atoms with Crippen LogP contribution >= 0.6 is 0 Å². The Morgan fingerprint density at radius 2 is 1.62 bits per heavy atom. The summed E-state index contributed by atoms with van der Waals surface area (Å²) in [6.45, 7) is 1.83. The average molecular weight is 194 g/mol. The molecule has 0 aromatic heterocycles. The number of carboxylic acids is 2. The molecule has 0 radical (unpaired) electrons. The third-order valence-electron chi connectivity index (χ3n) is 0.697. The number of carboxylic acid groups (broad SMARTS) is 2. The number of hydrogen-bond acceptors (Lipinski definition) is 4. The topological polar surface area (TPSA) is 93.1 Å². The van der Waals surface area contributed by atoms with Gasteiger partial charge in [-0.1, -0.05) is 0 Å². The van der Waals surface area contributed by atoms with Crippen molar-refractivity contribution in [2.75, 3.05) is 26.9 Å². The van der Waals surface area contributed by atoms with Crippen molar-refractivity contribution in [2.45, 2.75) is 6.92 Å². The first-order valence-corrected chi connectivity index (χ1v) is 3.54. The maximum Gasteiger partial charge on any atom is 0.329 e. The van der Waals surface area contributed by atoms with E-state index in [1.165, 1.54) is 7.11 Å². The van der Waals surface area contributed by atoms with Crippen molar-refractivity contribution in [2.24, 2.45) is 0 Å². The van der Waals surface area contributed by atoms with E-state index in [2.05, 4.69) is 9.47 Å². The number of aliphatic carboxylic acids is 2. The van der Waals surface area contributed by atoms with E-state index in [9.17, 15) is 9.59 Å². The van der Waals surface area contributed by atoms with E-state index in [0.29, 0.717) is 6.61 Å². The first-order chi connectivity index (χ1) is 6.04. The van der Waals surface area contributed by atoms with Crippen LogP contribution in [0.15, 0.2) is 0 Å². The minimum absolute atomic E-state index is 0.184. The van der Waals surface area contributed by atoms with Gasteiger partial charge in [0.05, 0.1) is 0 Å². The van der Waals surface area contributed by atoms with Crippen LogP contribution in [0.3, 0.4) is 0 Å². The number of rotatable bonds is 5. The molecule has 0 bridgehead atoms. The number of carbonyl (C=O) groups is 2. The molecule has 0 unspecified atom stereocenters. The Morgan fingerprint density at radius 1 is 1.15 bits per heavy atom. The molecule has 0 saturated carbocycles. The maximum absolute atomic E-state index is 9.63. The van der Waals surface area contributed by atoms with E-state index in [1.807, 2.05) is 0 Å². The van der Waals surface area contributed by atoms with Crippen LogP contribution in [0, 0.1) is 0 Å². The fourth-order valence-electron chi connectivity index (χ4n) is 0.313. The van der Waals surface area contributed by atoms with Gasteiger partial charge in [-0.05, 0) is 6.92 Å². The molecule has 0 aliphatic rings. The van der Waals surface area contributed by atoms with Gasteiger partial charge in [0.1, 0.15) is 13.2 Å². The van der Waals surface area contributed by atoms with Crippen LogP contribution in [0.25, 0.3) is 0 Å². The van der Waals surface area contributed by atoms with Crippen molar-refractivity contribution in [3.05, 3.63) is 0 Å². The Morgan fingerprint density at radius 3 is 1.69 bits per heavy atom. The molecule has 0 heterocycles. The Labute approximate surface area is 76.1 Å². The Kier molecular flexibility index (Phi) is 12.0. The summed E-state index contributed by atoms with van der Waals surface area (Å²) in [4.78, 5) is 19.1. The minimum Gasteiger partial charge on any atom is -0.480 e. The highest BCUT2D eigenvalue weighted by atomic mass is 16.5. The van der Waals surface area contributed by atoms with Crippen molar-refractivity contribution >= 4 is 11.9 Å². The van der Waals surface area contributed by atoms with Gasteiger partial charge in [0.15, 0.2) is 0 Å². The summed E-state index contributed by atoms with van der Waals surface area (Å²) in [7, 11) is 1.34.